The van der Waals surface area contributed by atoms with Gasteiger partial charge >= 0.3 is 0 Å². The number of likely N-dealkylation sites (tertiary alicyclic amines) is 1. The molecule has 1 aliphatic heterocycles. The van der Waals surface area contributed by atoms with Crippen LogP contribution in [0.25, 0.3) is 0 Å². The number of hydrogen-bond donors (Lipinski definition) is 1. The molecule has 2 atom stereocenters. The fraction of sp³-hybridized carbons (Fsp3) is 0.667. The molecule has 0 bridgehead atoms. The van der Waals surface area contributed by atoms with Crippen molar-refractivity contribution >= 4 is 0 Å². The predicted octanol–water partition coefficient (Wildman–Crippen LogP) is 1.39. The Balaban J connectivity index is 2.08. The van der Waals surface area contributed by atoms with E-state index < -0.39 is 0 Å². The average molecular weight is 224 g/mol. The van der Waals surface area contributed by atoms with Gasteiger partial charge in [0.25, 0.3) is 0 Å². The molecule has 1 aliphatic rings. The first-order valence-electron chi connectivity index (χ1n) is 5.85. The quantitative estimate of drug-likeness (QED) is 0.839. The third-order valence-electron chi connectivity index (χ3n) is 3.20. The van der Waals surface area contributed by atoms with Crippen LogP contribution in [0.1, 0.15) is 24.6 Å². The van der Waals surface area contributed by atoms with E-state index in [2.05, 4.69) is 4.90 Å². The van der Waals surface area contributed by atoms with Gasteiger partial charge in [-0.15, -0.1) is 0 Å². The summed E-state index contributed by atoms with van der Waals surface area (Å²) in [5.74, 6) is 0.975. The molecule has 0 saturated carbocycles. The third kappa shape index (κ3) is 2.45. The van der Waals surface area contributed by atoms with Gasteiger partial charge in [0.15, 0.2) is 0 Å². The van der Waals surface area contributed by atoms with Crippen molar-refractivity contribution in [2.75, 3.05) is 26.8 Å². The van der Waals surface area contributed by atoms with E-state index in [0.29, 0.717) is 0 Å². The van der Waals surface area contributed by atoms with Crippen LogP contribution in [-0.2, 0) is 4.74 Å². The number of ether oxygens (including phenoxy) is 1. The molecular weight excluding hydrogens is 204 g/mol. The molecule has 0 aromatic carbocycles. The van der Waals surface area contributed by atoms with Crippen molar-refractivity contribution in [1.82, 2.24) is 4.90 Å². The largest absolute Gasteiger partial charge is 0.468 e. The molecule has 0 aliphatic carbocycles. The lowest BCUT2D eigenvalue weighted by Gasteiger charge is -2.38. The Morgan fingerprint density at radius 3 is 3.19 bits per heavy atom. The van der Waals surface area contributed by atoms with Crippen molar-refractivity contribution in [2.45, 2.75) is 24.9 Å². The fourth-order valence-corrected chi connectivity index (χ4v) is 2.41. The van der Waals surface area contributed by atoms with E-state index in [1.807, 2.05) is 12.1 Å². The number of hydrogen-bond acceptors (Lipinski definition) is 4. The molecule has 0 amide bonds. The summed E-state index contributed by atoms with van der Waals surface area (Å²) in [5.41, 5.74) is 6.19. The Hall–Kier alpha value is -0.840. The van der Waals surface area contributed by atoms with E-state index in [0.717, 1.165) is 38.3 Å². The molecule has 2 N–H and O–H groups in total. The molecule has 1 saturated heterocycles. The Morgan fingerprint density at radius 2 is 2.50 bits per heavy atom. The summed E-state index contributed by atoms with van der Waals surface area (Å²) in [5, 5.41) is 0. The minimum absolute atomic E-state index is 0.164. The number of methoxy groups -OCH3 is 1. The standard InChI is InChI=1S/C12H20N2O2/c1-15-9-7-14-6-2-4-10(13)12(14)11-5-3-8-16-11/h3,5,8,10,12H,2,4,6-7,9,13H2,1H3. The lowest BCUT2D eigenvalue weighted by atomic mass is 9.95. The van der Waals surface area contributed by atoms with Gasteiger partial charge in [0, 0.05) is 19.7 Å². The minimum atomic E-state index is 0.164. The molecule has 2 rings (SSSR count). The zero-order valence-corrected chi connectivity index (χ0v) is 9.76. The fourth-order valence-electron chi connectivity index (χ4n) is 2.41. The van der Waals surface area contributed by atoms with E-state index >= 15 is 0 Å². The molecular formula is C12H20N2O2. The van der Waals surface area contributed by atoms with Gasteiger partial charge in [-0.3, -0.25) is 4.90 Å². The van der Waals surface area contributed by atoms with Gasteiger partial charge in [0.1, 0.15) is 5.76 Å². The second-order valence-corrected chi connectivity index (χ2v) is 4.30. The molecule has 90 valence electrons. The number of nitrogens with zero attached hydrogens (tertiary/aromatic N) is 1. The highest BCUT2D eigenvalue weighted by Gasteiger charge is 2.31. The molecule has 2 heterocycles. The molecule has 0 spiro atoms. The highest BCUT2D eigenvalue weighted by Crippen LogP contribution is 2.29. The Bertz CT molecular complexity index is 300. The van der Waals surface area contributed by atoms with Gasteiger partial charge in [-0.1, -0.05) is 0 Å². The van der Waals surface area contributed by atoms with Crippen LogP contribution < -0.4 is 5.73 Å². The van der Waals surface area contributed by atoms with Crippen molar-refractivity contribution in [3.05, 3.63) is 24.2 Å². The number of piperidine rings is 1. The van der Waals surface area contributed by atoms with Crippen LogP contribution in [0.4, 0.5) is 0 Å². The molecule has 4 heteroatoms. The van der Waals surface area contributed by atoms with Crippen LogP contribution in [0.2, 0.25) is 0 Å². The van der Waals surface area contributed by atoms with E-state index in [4.69, 9.17) is 14.9 Å². The van der Waals surface area contributed by atoms with Gasteiger partial charge in [-0.25, -0.2) is 0 Å². The van der Waals surface area contributed by atoms with Crippen LogP contribution in [0, 0.1) is 0 Å². The van der Waals surface area contributed by atoms with Crippen LogP contribution in [0.3, 0.4) is 0 Å². The zero-order chi connectivity index (χ0) is 11.4. The summed E-state index contributed by atoms with van der Waals surface area (Å²) in [6, 6.07) is 4.30. The molecule has 16 heavy (non-hydrogen) atoms. The topological polar surface area (TPSA) is 51.6 Å². The highest BCUT2D eigenvalue weighted by atomic mass is 16.5. The first kappa shape index (κ1) is 11.6. The van der Waals surface area contributed by atoms with E-state index in [1.165, 1.54) is 0 Å². The maximum Gasteiger partial charge on any atom is 0.122 e. The van der Waals surface area contributed by atoms with Crippen LogP contribution in [0.15, 0.2) is 22.8 Å². The lowest BCUT2D eigenvalue weighted by Crippen LogP contribution is -2.46. The summed E-state index contributed by atoms with van der Waals surface area (Å²) in [6.07, 6.45) is 3.93. The second kappa shape index (κ2) is 5.48. The molecule has 2 unspecified atom stereocenters. The van der Waals surface area contributed by atoms with Crippen molar-refractivity contribution < 1.29 is 9.15 Å². The normalized spacial score (nSPS) is 27.1. The van der Waals surface area contributed by atoms with Gasteiger partial charge < -0.3 is 14.9 Å². The van der Waals surface area contributed by atoms with Crippen molar-refractivity contribution in [3.63, 3.8) is 0 Å². The Morgan fingerprint density at radius 1 is 1.62 bits per heavy atom. The van der Waals surface area contributed by atoms with Crippen LogP contribution >= 0.6 is 0 Å². The van der Waals surface area contributed by atoms with E-state index in [9.17, 15) is 0 Å². The van der Waals surface area contributed by atoms with Gasteiger partial charge in [-0.05, 0) is 31.5 Å². The molecule has 1 aromatic heterocycles. The summed E-state index contributed by atoms with van der Waals surface area (Å²) >= 11 is 0. The number of rotatable bonds is 4. The van der Waals surface area contributed by atoms with Gasteiger partial charge in [-0.2, -0.15) is 0 Å². The van der Waals surface area contributed by atoms with Crippen molar-refractivity contribution in [1.29, 1.82) is 0 Å². The van der Waals surface area contributed by atoms with E-state index in [1.54, 1.807) is 13.4 Å². The van der Waals surface area contributed by atoms with Crippen LogP contribution in [0.5, 0.6) is 0 Å². The Labute approximate surface area is 96.4 Å². The maximum absolute atomic E-state index is 6.19. The summed E-state index contributed by atoms with van der Waals surface area (Å²) in [7, 11) is 1.73. The Kier molecular flexibility index (Phi) is 3.98. The van der Waals surface area contributed by atoms with E-state index in [-0.39, 0.29) is 12.1 Å². The second-order valence-electron chi connectivity index (χ2n) is 4.30. The zero-order valence-electron chi connectivity index (χ0n) is 9.76. The van der Waals surface area contributed by atoms with Crippen molar-refractivity contribution in [3.8, 4) is 0 Å². The molecule has 0 radical (unpaired) electrons. The third-order valence-corrected chi connectivity index (χ3v) is 3.20. The van der Waals surface area contributed by atoms with Gasteiger partial charge in [0.2, 0.25) is 0 Å². The van der Waals surface area contributed by atoms with Crippen molar-refractivity contribution in [2.24, 2.45) is 5.73 Å². The summed E-state index contributed by atoms with van der Waals surface area (Å²) < 4.78 is 10.6. The minimum Gasteiger partial charge on any atom is -0.468 e. The molecule has 4 nitrogen and oxygen atoms in total. The number of nitrogens with two attached hydrogens (primary N) is 1. The number of furan rings is 1. The first-order chi connectivity index (χ1) is 7.83. The molecule has 1 aromatic rings. The SMILES string of the molecule is COCCN1CCCC(N)C1c1ccco1. The first-order valence-corrected chi connectivity index (χ1v) is 5.85. The summed E-state index contributed by atoms with van der Waals surface area (Å²) in [4.78, 5) is 2.36. The maximum atomic E-state index is 6.19. The highest BCUT2D eigenvalue weighted by molar-refractivity contribution is 5.09. The van der Waals surface area contributed by atoms with Gasteiger partial charge in [0.05, 0.1) is 18.9 Å². The summed E-state index contributed by atoms with van der Waals surface area (Å²) in [6.45, 7) is 2.72. The monoisotopic (exact) mass is 224 g/mol. The lowest BCUT2D eigenvalue weighted by molar-refractivity contribution is 0.0741. The smallest absolute Gasteiger partial charge is 0.122 e. The predicted molar refractivity (Wildman–Crippen MR) is 62.1 cm³/mol. The average Bonchev–Trinajstić information content (AvgIpc) is 2.79. The van der Waals surface area contributed by atoms with Crippen LogP contribution in [-0.4, -0.2) is 37.7 Å². The molecule has 1 fully saturated rings.